The summed E-state index contributed by atoms with van der Waals surface area (Å²) in [6.45, 7) is 0.824. The van der Waals surface area contributed by atoms with E-state index < -0.39 is 42.1 Å². The van der Waals surface area contributed by atoms with Crippen molar-refractivity contribution in [3.05, 3.63) is 124 Å². The second-order valence-electron chi connectivity index (χ2n) is 10.9. The fourth-order valence-corrected chi connectivity index (χ4v) is 5.45. The molecule has 0 aliphatic rings. The van der Waals surface area contributed by atoms with E-state index in [9.17, 15) is 24.2 Å². The lowest BCUT2D eigenvalue weighted by Crippen LogP contribution is -2.29. The van der Waals surface area contributed by atoms with E-state index in [1.54, 1.807) is 55.5 Å². The van der Waals surface area contributed by atoms with E-state index in [0.717, 1.165) is 22.8 Å². The summed E-state index contributed by atoms with van der Waals surface area (Å²) >= 11 is 0. The molecule has 9 nitrogen and oxygen atoms in total. The number of para-hydroxylation sites is 1. The Labute approximate surface area is 266 Å². The SMILES string of the molecule is Cc1ccc(NC(=O)Cc2ccc(F)c3ccccc23)cc1-c1nc(NC(CO)CO)nc2c1ccc(=O)n2-c1c(F)cccc1F. The normalized spacial score (nSPS) is 11.4. The van der Waals surface area contributed by atoms with Crippen LogP contribution in [-0.2, 0) is 11.2 Å². The third-order valence-electron chi connectivity index (χ3n) is 7.77. The van der Waals surface area contributed by atoms with Gasteiger partial charge in [-0.2, -0.15) is 4.98 Å². The molecule has 2 aromatic heterocycles. The number of fused-ring (bicyclic) bond motifs is 2. The maximum atomic E-state index is 15.0. The highest BCUT2D eigenvalue weighted by atomic mass is 19.1. The Morgan fingerprint density at radius 3 is 2.28 bits per heavy atom. The van der Waals surface area contributed by atoms with Gasteiger partial charge in [0.15, 0.2) is 5.65 Å². The first-order chi connectivity index (χ1) is 22.7. The molecule has 6 aromatic rings. The average molecular weight is 640 g/mol. The number of aromatic nitrogens is 3. The smallest absolute Gasteiger partial charge is 0.256 e. The number of aliphatic hydroxyl groups excluding tert-OH is 2. The highest BCUT2D eigenvalue weighted by molar-refractivity contribution is 5.98. The highest BCUT2D eigenvalue weighted by Crippen LogP contribution is 2.33. The lowest BCUT2D eigenvalue weighted by molar-refractivity contribution is -0.115. The molecule has 2 heterocycles. The summed E-state index contributed by atoms with van der Waals surface area (Å²) in [5.41, 5.74) is 0.958. The molecular weight excluding hydrogens is 611 g/mol. The molecule has 47 heavy (non-hydrogen) atoms. The molecule has 1 amide bonds. The molecule has 0 aliphatic carbocycles. The van der Waals surface area contributed by atoms with Crippen molar-refractivity contribution >= 4 is 39.3 Å². The minimum atomic E-state index is -0.993. The molecule has 4 N–H and O–H groups in total. The number of nitrogens with one attached hydrogen (secondary N) is 2. The molecule has 0 saturated carbocycles. The van der Waals surface area contributed by atoms with Crippen LogP contribution in [0.15, 0.2) is 89.7 Å². The Morgan fingerprint density at radius 1 is 0.830 bits per heavy atom. The summed E-state index contributed by atoms with van der Waals surface area (Å²) in [7, 11) is 0. The summed E-state index contributed by atoms with van der Waals surface area (Å²) in [4.78, 5) is 35.3. The number of hydrogen-bond donors (Lipinski definition) is 4. The summed E-state index contributed by atoms with van der Waals surface area (Å²) in [6.07, 6.45) is -0.0291. The number of anilines is 2. The molecule has 0 radical (unpaired) electrons. The van der Waals surface area contributed by atoms with Crippen molar-refractivity contribution in [3.63, 3.8) is 0 Å². The van der Waals surface area contributed by atoms with E-state index in [0.29, 0.717) is 33.2 Å². The quantitative estimate of drug-likeness (QED) is 0.170. The second kappa shape index (κ2) is 13.0. The van der Waals surface area contributed by atoms with E-state index in [2.05, 4.69) is 20.6 Å². The van der Waals surface area contributed by atoms with E-state index in [1.807, 2.05) is 0 Å². The lowest BCUT2D eigenvalue weighted by Gasteiger charge is -2.18. The van der Waals surface area contributed by atoms with Gasteiger partial charge in [-0.05, 0) is 59.8 Å². The number of amides is 1. The molecule has 4 aromatic carbocycles. The van der Waals surface area contributed by atoms with Crippen LogP contribution in [0, 0.1) is 24.4 Å². The number of pyridine rings is 1. The number of carbonyl (C=O) groups excluding carboxylic acids is 1. The molecule has 12 heteroatoms. The van der Waals surface area contributed by atoms with Crippen LogP contribution in [0.5, 0.6) is 0 Å². The molecule has 0 atom stereocenters. The molecule has 0 unspecified atom stereocenters. The lowest BCUT2D eigenvalue weighted by atomic mass is 10.0. The van der Waals surface area contributed by atoms with Gasteiger partial charge in [0.1, 0.15) is 23.1 Å². The third-order valence-corrected chi connectivity index (χ3v) is 7.77. The van der Waals surface area contributed by atoms with Crippen molar-refractivity contribution in [3.8, 4) is 16.9 Å². The fraction of sp³-hybridized carbons (Fsp3) is 0.143. The van der Waals surface area contributed by atoms with Gasteiger partial charge in [0.25, 0.3) is 5.56 Å². The number of carbonyl (C=O) groups is 1. The molecule has 0 saturated heterocycles. The maximum Gasteiger partial charge on any atom is 0.256 e. The van der Waals surface area contributed by atoms with Crippen LogP contribution >= 0.6 is 0 Å². The summed E-state index contributed by atoms with van der Waals surface area (Å²) in [5, 5.41) is 26.3. The van der Waals surface area contributed by atoms with Crippen molar-refractivity contribution in [1.29, 1.82) is 0 Å². The van der Waals surface area contributed by atoms with Crippen LogP contribution in [0.4, 0.5) is 24.8 Å². The van der Waals surface area contributed by atoms with E-state index in [4.69, 9.17) is 0 Å². The van der Waals surface area contributed by atoms with Gasteiger partial charge in [-0.3, -0.25) is 14.2 Å². The van der Waals surface area contributed by atoms with Crippen LogP contribution in [0.1, 0.15) is 11.1 Å². The summed E-state index contributed by atoms with van der Waals surface area (Å²) in [5.74, 6) is -2.86. The Bertz CT molecular complexity index is 2200. The van der Waals surface area contributed by atoms with Crippen molar-refractivity contribution < 1.29 is 28.2 Å². The van der Waals surface area contributed by atoms with E-state index in [1.165, 1.54) is 18.2 Å². The van der Waals surface area contributed by atoms with Crippen LogP contribution < -0.4 is 16.2 Å². The Balaban J connectivity index is 1.46. The molecule has 0 fully saturated rings. The summed E-state index contributed by atoms with van der Waals surface area (Å²) < 4.78 is 45.1. The first kappa shape index (κ1) is 31.4. The van der Waals surface area contributed by atoms with Gasteiger partial charge in [0, 0.05) is 28.1 Å². The highest BCUT2D eigenvalue weighted by Gasteiger charge is 2.21. The minimum absolute atomic E-state index is 0.0291. The van der Waals surface area contributed by atoms with Crippen LogP contribution in [0.3, 0.4) is 0 Å². The second-order valence-corrected chi connectivity index (χ2v) is 10.9. The van der Waals surface area contributed by atoms with Crippen LogP contribution in [-0.4, -0.2) is 49.9 Å². The molecule has 0 bridgehead atoms. The van der Waals surface area contributed by atoms with Crippen molar-refractivity contribution in [2.24, 2.45) is 0 Å². The monoisotopic (exact) mass is 639 g/mol. The number of rotatable bonds is 9. The number of benzene rings is 4. The zero-order chi connectivity index (χ0) is 33.2. The van der Waals surface area contributed by atoms with Gasteiger partial charge in [-0.25, -0.2) is 18.2 Å². The Morgan fingerprint density at radius 2 is 1.55 bits per heavy atom. The van der Waals surface area contributed by atoms with Gasteiger partial charge in [0.05, 0.1) is 31.4 Å². The third kappa shape index (κ3) is 6.16. The van der Waals surface area contributed by atoms with Gasteiger partial charge >= 0.3 is 0 Å². The Kier molecular flexibility index (Phi) is 8.70. The predicted molar refractivity (Wildman–Crippen MR) is 173 cm³/mol. The zero-order valence-electron chi connectivity index (χ0n) is 25.0. The Hall–Kier alpha value is -5.59. The number of halogens is 3. The topological polar surface area (TPSA) is 129 Å². The molecule has 0 aliphatic heterocycles. The van der Waals surface area contributed by atoms with Gasteiger partial charge in [0.2, 0.25) is 11.9 Å². The molecular formula is C35H28F3N5O4. The van der Waals surface area contributed by atoms with E-state index in [-0.39, 0.29) is 40.8 Å². The fourth-order valence-electron chi connectivity index (χ4n) is 5.45. The van der Waals surface area contributed by atoms with Crippen molar-refractivity contribution in [1.82, 2.24) is 14.5 Å². The average Bonchev–Trinajstić information content (AvgIpc) is 3.06. The minimum Gasteiger partial charge on any atom is -0.394 e. The largest absolute Gasteiger partial charge is 0.394 e. The van der Waals surface area contributed by atoms with Gasteiger partial charge in [-0.1, -0.05) is 42.5 Å². The van der Waals surface area contributed by atoms with Crippen molar-refractivity contribution in [2.45, 2.75) is 19.4 Å². The standard InChI is InChI=1S/C35H28F3N5O4/c1-19-9-11-21(39-30(46)15-20-10-13-27(36)24-6-3-2-5-23(20)24)16-26(19)32-25-12-14-31(47)43(33-28(37)7-4-8-29(33)38)34(25)42-35(41-32)40-22(17-44)18-45/h2-14,16,22,44-45H,15,17-18H2,1H3,(H,39,46)(H,40,41,42). The van der Waals surface area contributed by atoms with Gasteiger partial charge < -0.3 is 20.8 Å². The maximum absolute atomic E-state index is 15.0. The first-order valence-corrected chi connectivity index (χ1v) is 14.6. The van der Waals surface area contributed by atoms with Gasteiger partial charge in [-0.15, -0.1) is 0 Å². The molecule has 238 valence electrons. The van der Waals surface area contributed by atoms with Crippen LogP contribution in [0.2, 0.25) is 0 Å². The summed E-state index contributed by atoms with van der Waals surface area (Å²) in [6, 6.07) is 19.8. The molecule has 0 spiro atoms. The van der Waals surface area contributed by atoms with E-state index >= 15 is 8.78 Å². The number of hydrogen-bond acceptors (Lipinski definition) is 7. The number of aliphatic hydroxyl groups is 2. The van der Waals surface area contributed by atoms with Crippen LogP contribution in [0.25, 0.3) is 38.8 Å². The van der Waals surface area contributed by atoms with Crippen molar-refractivity contribution in [2.75, 3.05) is 23.8 Å². The number of aryl methyl sites for hydroxylation is 1. The molecule has 6 rings (SSSR count). The predicted octanol–water partition coefficient (Wildman–Crippen LogP) is 5.27. The first-order valence-electron chi connectivity index (χ1n) is 14.6. The zero-order valence-corrected chi connectivity index (χ0v) is 25.0. The number of nitrogens with zero attached hydrogens (tertiary/aromatic N) is 3.